The molecule has 0 saturated carbocycles. The Labute approximate surface area is 83.0 Å². The van der Waals surface area contributed by atoms with E-state index in [4.69, 9.17) is 11.6 Å². The molecule has 1 nitrogen and oxygen atoms in total. The van der Waals surface area contributed by atoms with Crippen molar-refractivity contribution in [3.05, 3.63) is 52.7 Å². The van der Waals surface area contributed by atoms with Crippen molar-refractivity contribution in [3.8, 4) is 0 Å². The fraction of sp³-hybridized carbons (Fsp3) is 0.182. The van der Waals surface area contributed by atoms with E-state index in [1.54, 1.807) is 36.4 Å². The Morgan fingerprint density at radius 2 is 2.00 bits per heavy atom. The molecule has 0 amide bonds. The van der Waals surface area contributed by atoms with E-state index in [9.17, 15) is 5.11 Å². The maximum Gasteiger partial charge on any atom is 0.104 e. The molecular formula is C11H11ClO. The minimum absolute atomic E-state index is 0.603. The second-order valence-corrected chi connectivity index (χ2v) is 3.05. The molecule has 1 aromatic rings. The van der Waals surface area contributed by atoms with Crippen LogP contribution in [0.1, 0.15) is 18.6 Å². The predicted molar refractivity (Wildman–Crippen MR) is 54.7 cm³/mol. The standard InChI is InChI=1S/C11H11ClO/c1-2-3-4-11(13)9-5-7-10(12)8-6-9/h2,4-8,11,13H,1H3. The molecule has 0 aromatic heterocycles. The van der Waals surface area contributed by atoms with Gasteiger partial charge in [0, 0.05) is 5.02 Å². The molecule has 1 rings (SSSR count). The molecule has 0 aliphatic rings. The Balaban J connectivity index is 2.83. The highest BCUT2D eigenvalue weighted by Crippen LogP contribution is 2.16. The Hall–Kier alpha value is -1.01. The van der Waals surface area contributed by atoms with Crippen LogP contribution in [0.25, 0.3) is 0 Å². The van der Waals surface area contributed by atoms with Crippen molar-refractivity contribution in [3.63, 3.8) is 0 Å². The number of hydrogen-bond donors (Lipinski definition) is 1. The van der Waals surface area contributed by atoms with Gasteiger partial charge in [-0.3, -0.25) is 0 Å². The highest BCUT2D eigenvalue weighted by atomic mass is 35.5. The Bertz CT molecular complexity index is 320. The molecule has 0 fully saturated rings. The van der Waals surface area contributed by atoms with Crippen LogP contribution in [0.15, 0.2) is 42.1 Å². The first-order valence-corrected chi connectivity index (χ1v) is 4.42. The van der Waals surface area contributed by atoms with Crippen LogP contribution < -0.4 is 0 Å². The van der Waals surface area contributed by atoms with Gasteiger partial charge in [-0.05, 0) is 36.8 Å². The second kappa shape index (κ2) is 4.88. The first-order chi connectivity index (χ1) is 6.24. The molecule has 1 N–H and O–H groups in total. The molecule has 0 aliphatic carbocycles. The van der Waals surface area contributed by atoms with Gasteiger partial charge in [0.15, 0.2) is 0 Å². The zero-order valence-corrected chi connectivity index (χ0v) is 8.12. The maximum atomic E-state index is 9.56. The van der Waals surface area contributed by atoms with Gasteiger partial charge in [-0.2, -0.15) is 0 Å². The number of aliphatic hydroxyl groups excluding tert-OH is 1. The summed E-state index contributed by atoms with van der Waals surface area (Å²) in [7, 11) is 0. The molecule has 1 atom stereocenters. The molecule has 13 heavy (non-hydrogen) atoms. The number of halogens is 1. The molecule has 0 aliphatic heterocycles. The molecule has 0 heterocycles. The van der Waals surface area contributed by atoms with E-state index >= 15 is 0 Å². The van der Waals surface area contributed by atoms with Crippen molar-refractivity contribution >= 4 is 11.6 Å². The summed E-state index contributed by atoms with van der Waals surface area (Å²) in [6, 6.07) is 7.09. The van der Waals surface area contributed by atoms with Gasteiger partial charge in [0.1, 0.15) is 6.10 Å². The average molecular weight is 195 g/mol. The molecule has 0 spiro atoms. The van der Waals surface area contributed by atoms with E-state index in [1.165, 1.54) is 0 Å². The molecule has 68 valence electrons. The fourth-order valence-corrected chi connectivity index (χ4v) is 1.07. The first-order valence-electron chi connectivity index (χ1n) is 4.05. The number of benzene rings is 1. The van der Waals surface area contributed by atoms with Crippen molar-refractivity contribution in [1.82, 2.24) is 0 Å². The summed E-state index contributed by atoms with van der Waals surface area (Å²) >= 11 is 5.71. The average Bonchev–Trinajstić information content (AvgIpc) is 2.15. The lowest BCUT2D eigenvalue weighted by Crippen LogP contribution is -1.91. The molecule has 0 saturated heterocycles. The van der Waals surface area contributed by atoms with E-state index in [-0.39, 0.29) is 0 Å². The Morgan fingerprint density at radius 3 is 2.54 bits per heavy atom. The molecule has 0 radical (unpaired) electrons. The van der Waals surface area contributed by atoms with E-state index in [0.29, 0.717) is 5.02 Å². The van der Waals surface area contributed by atoms with Crippen molar-refractivity contribution in [2.45, 2.75) is 13.0 Å². The van der Waals surface area contributed by atoms with Gasteiger partial charge >= 0.3 is 0 Å². The summed E-state index contributed by atoms with van der Waals surface area (Å²) in [5.74, 6) is 0. The zero-order valence-electron chi connectivity index (χ0n) is 7.37. The van der Waals surface area contributed by atoms with Gasteiger partial charge in [-0.15, -0.1) is 5.73 Å². The smallest absolute Gasteiger partial charge is 0.104 e. The third-order valence-electron chi connectivity index (χ3n) is 1.63. The summed E-state index contributed by atoms with van der Waals surface area (Å²) in [5.41, 5.74) is 3.65. The van der Waals surface area contributed by atoms with Crippen molar-refractivity contribution in [2.24, 2.45) is 0 Å². The van der Waals surface area contributed by atoms with Gasteiger partial charge in [0.25, 0.3) is 0 Å². The SMILES string of the molecule is CC=C=CC(O)c1ccc(Cl)cc1. The number of rotatable bonds is 2. The molecule has 1 aromatic carbocycles. The number of aliphatic hydroxyl groups is 1. The summed E-state index contributed by atoms with van der Waals surface area (Å²) in [6.07, 6.45) is 2.75. The van der Waals surface area contributed by atoms with Crippen LogP contribution in [0.2, 0.25) is 5.02 Å². The lowest BCUT2D eigenvalue weighted by Gasteiger charge is -2.03. The van der Waals surface area contributed by atoms with Gasteiger partial charge in [0.05, 0.1) is 0 Å². The summed E-state index contributed by atoms with van der Waals surface area (Å²) in [6.45, 7) is 1.85. The lowest BCUT2D eigenvalue weighted by atomic mass is 10.1. The lowest BCUT2D eigenvalue weighted by molar-refractivity contribution is 0.229. The van der Waals surface area contributed by atoms with Crippen LogP contribution in [0.3, 0.4) is 0 Å². The Kier molecular flexibility index (Phi) is 3.78. The first kappa shape index (κ1) is 10.1. The summed E-state index contributed by atoms with van der Waals surface area (Å²) < 4.78 is 0. The quantitative estimate of drug-likeness (QED) is 0.718. The highest BCUT2D eigenvalue weighted by molar-refractivity contribution is 6.30. The van der Waals surface area contributed by atoms with Crippen molar-refractivity contribution in [1.29, 1.82) is 0 Å². The van der Waals surface area contributed by atoms with Gasteiger partial charge in [-0.25, -0.2) is 0 Å². The molecule has 2 heteroatoms. The molecule has 0 bridgehead atoms. The third-order valence-corrected chi connectivity index (χ3v) is 1.88. The Morgan fingerprint density at radius 1 is 1.38 bits per heavy atom. The topological polar surface area (TPSA) is 20.2 Å². The van der Waals surface area contributed by atoms with E-state index < -0.39 is 6.10 Å². The van der Waals surface area contributed by atoms with Crippen LogP contribution in [0.4, 0.5) is 0 Å². The van der Waals surface area contributed by atoms with E-state index in [2.05, 4.69) is 5.73 Å². The predicted octanol–water partition coefficient (Wildman–Crippen LogP) is 3.10. The molecule has 1 unspecified atom stereocenters. The minimum Gasteiger partial charge on any atom is -0.384 e. The van der Waals surface area contributed by atoms with E-state index in [0.717, 1.165) is 5.56 Å². The maximum absolute atomic E-state index is 9.56. The van der Waals surface area contributed by atoms with Crippen LogP contribution in [-0.4, -0.2) is 5.11 Å². The zero-order chi connectivity index (χ0) is 9.68. The second-order valence-electron chi connectivity index (χ2n) is 2.62. The highest BCUT2D eigenvalue weighted by Gasteiger charge is 2.01. The monoisotopic (exact) mass is 194 g/mol. The normalized spacial score (nSPS) is 11.6. The summed E-state index contributed by atoms with van der Waals surface area (Å²) in [5, 5.41) is 10.2. The van der Waals surface area contributed by atoms with Crippen LogP contribution >= 0.6 is 11.6 Å². The van der Waals surface area contributed by atoms with Gasteiger partial charge < -0.3 is 5.11 Å². The molecular weight excluding hydrogens is 184 g/mol. The van der Waals surface area contributed by atoms with Gasteiger partial charge in [0.2, 0.25) is 0 Å². The van der Waals surface area contributed by atoms with Crippen LogP contribution in [0, 0.1) is 0 Å². The number of hydrogen-bond acceptors (Lipinski definition) is 1. The summed E-state index contributed by atoms with van der Waals surface area (Å²) in [4.78, 5) is 0. The fourth-order valence-electron chi connectivity index (χ4n) is 0.944. The van der Waals surface area contributed by atoms with Crippen LogP contribution in [0.5, 0.6) is 0 Å². The van der Waals surface area contributed by atoms with Crippen molar-refractivity contribution in [2.75, 3.05) is 0 Å². The van der Waals surface area contributed by atoms with Crippen molar-refractivity contribution < 1.29 is 5.11 Å². The van der Waals surface area contributed by atoms with Crippen LogP contribution in [-0.2, 0) is 0 Å². The third kappa shape index (κ3) is 3.08. The van der Waals surface area contributed by atoms with E-state index in [1.807, 2.05) is 6.92 Å². The minimum atomic E-state index is -0.603. The largest absolute Gasteiger partial charge is 0.384 e. The van der Waals surface area contributed by atoms with Gasteiger partial charge in [-0.1, -0.05) is 23.7 Å².